The number of aliphatic hydroxyl groups is 1. The van der Waals surface area contributed by atoms with Gasteiger partial charge in [0.25, 0.3) is 0 Å². The molecule has 2 atom stereocenters. The van der Waals surface area contributed by atoms with Crippen molar-refractivity contribution in [3.05, 3.63) is 40.8 Å². The van der Waals surface area contributed by atoms with Crippen molar-refractivity contribution in [3.8, 4) is 0 Å². The lowest BCUT2D eigenvalue weighted by Gasteiger charge is -2.27. The van der Waals surface area contributed by atoms with Crippen LogP contribution in [0.2, 0.25) is 5.02 Å². The number of pyridine rings is 1. The van der Waals surface area contributed by atoms with E-state index < -0.39 is 0 Å². The van der Waals surface area contributed by atoms with Gasteiger partial charge in [0.05, 0.1) is 23.9 Å². The van der Waals surface area contributed by atoms with Gasteiger partial charge in [-0.1, -0.05) is 16.8 Å². The highest BCUT2D eigenvalue weighted by atomic mass is 35.5. The summed E-state index contributed by atoms with van der Waals surface area (Å²) in [6.45, 7) is 5.23. The molecule has 0 aromatic carbocycles. The molecule has 2 saturated heterocycles. The van der Waals surface area contributed by atoms with E-state index in [2.05, 4.69) is 24.9 Å². The van der Waals surface area contributed by atoms with E-state index in [1.165, 1.54) is 0 Å². The van der Waals surface area contributed by atoms with Crippen LogP contribution in [0.1, 0.15) is 17.3 Å². The maximum absolute atomic E-state index is 10.2. The fourth-order valence-electron chi connectivity index (χ4n) is 4.37. The summed E-state index contributed by atoms with van der Waals surface area (Å²) in [4.78, 5) is 13.2. The molecule has 2 aromatic heterocycles. The molecule has 146 valence electrons. The standard InChI is InChI=1S/C18H24ClN5O2S/c1-27-9-16-21-17(26-22-16)8-24-7-14-6-23(10-18(14,11-24)12-25)5-13-2-3-20-4-15(13)19/h2-4,14,25H,5-12H2,1H3. The molecule has 27 heavy (non-hydrogen) atoms. The van der Waals surface area contributed by atoms with Crippen LogP contribution in [-0.2, 0) is 18.8 Å². The predicted octanol–water partition coefficient (Wildman–Crippen LogP) is 1.91. The minimum atomic E-state index is -0.0956. The lowest BCUT2D eigenvalue weighted by atomic mass is 9.82. The van der Waals surface area contributed by atoms with E-state index in [9.17, 15) is 5.11 Å². The SMILES string of the molecule is CSCc1noc(CN2CC3CN(Cc4ccncc4Cl)CC3(CO)C2)n1. The van der Waals surface area contributed by atoms with E-state index in [0.717, 1.165) is 49.9 Å². The van der Waals surface area contributed by atoms with Crippen molar-refractivity contribution in [3.63, 3.8) is 0 Å². The molecule has 4 heterocycles. The minimum absolute atomic E-state index is 0.0956. The molecule has 0 amide bonds. The van der Waals surface area contributed by atoms with Crippen LogP contribution in [0.25, 0.3) is 0 Å². The highest BCUT2D eigenvalue weighted by Crippen LogP contribution is 2.43. The van der Waals surface area contributed by atoms with Gasteiger partial charge >= 0.3 is 0 Å². The molecule has 0 aliphatic carbocycles. The number of hydrogen-bond acceptors (Lipinski definition) is 8. The zero-order valence-electron chi connectivity index (χ0n) is 15.3. The van der Waals surface area contributed by atoms with Crippen molar-refractivity contribution in [2.45, 2.75) is 18.8 Å². The number of nitrogens with zero attached hydrogens (tertiary/aromatic N) is 5. The summed E-state index contributed by atoms with van der Waals surface area (Å²) in [6.07, 6.45) is 5.48. The lowest BCUT2D eigenvalue weighted by Crippen LogP contribution is -2.36. The van der Waals surface area contributed by atoms with Crippen LogP contribution < -0.4 is 0 Å². The van der Waals surface area contributed by atoms with Gasteiger partial charge in [0, 0.05) is 50.5 Å². The van der Waals surface area contributed by atoms with Gasteiger partial charge in [-0.15, -0.1) is 0 Å². The maximum Gasteiger partial charge on any atom is 0.240 e. The Balaban J connectivity index is 1.38. The topological polar surface area (TPSA) is 78.5 Å². The van der Waals surface area contributed by atoms with Crippen LogP contribution in [0.3, 0.4) is 0 Å². The van der Waals surface area contributed by atoms with E-state index in [0.29, 0.717) is 23.4 Å². The summed E-state index contributed by atoms with van der Waals surface area (Å²) < 4.78 is 5.37. The maximum atomic E-state index is 10.2. The Bertz CT molecular complexity index is 791. The zero-order valence-corrected chi connectivity index (χ0v) is 16.9. The minimum Gasteiger partial charge on any atom is -0.396 e. The summed E-state index contributed by atoms with van der Waals surface area (Å²) in [6, 6.07) is 1.97. The third kappa shape index (κ3) is 4.00. The summed E-state index contributed by atoms with van der Waals surface area (Å²) >= 11 is 7.94. The first-order chi connectivity index (χ1) is 13.1. The van der Waals surface area contributed by atoms with Crippen LogP contribution in [-0.4, -0.2) is 69.1 Å². The van der Waals surface area contributed by atoms with Crippen molar-refractivity contribution in [2.24, 2.45) is 11.3 Å². The van der Waals surface area contributed by atoms with Gasteiger partial charge in [0.1, 0.15) is 0 Å². The molecule has 2 aliphatic rings. The highest BCUT2D eigenvalue weighted by molar-refractivity contribution is 7.97. The third-order valence-electron chi connectivity index (χ3n) is 5.61. The van der Waals surface area contributed by atoms with Crippen molar-refractivity contribution < 1.29 is 9.63 Å². The van der Waals surface area contributed by atoms with Crippen LogP contribution in [0.15, 0.2) is 23.0 Å². The number of halogens is 1. The number of hydrogen-bond donors (Lipinski definition) is 1. The van der Waals surface area contributed by atoms with E-state index in [-0.39, 0.29) is 12.0 Å². The summed E-state index contributed by atoms with van der Waals surface area (Å²) in [7, 11) is 0. The van der Waals surface area contributed by atoms with Crippen molar-refractivity contribution in [1.29, 1.82) is 0 Å². The summed E-state index contributed by atoms with van der Waals surface area (Å²) in [5.74, 6) is 2.59. The second kappa shape index (κ2) is 8.05. The average molecular weight is 410 g/mol. The Kier molecular flexibility index (Phi) is 5.70. The summed E-state index contributed by atoms with van der Waals surface area (Å²) in [5, 5.41) is 14.9. The van der Waals surface area contributed by atoms with Gasteiger partial charge < -0.3 is 9.63 Å². The predicted molar refractivity (Wildman–Crippen MR) is 104 cm³/mol. The lowest BCUT2D eigenvalue weighted by molar-refractivity contribution is 0.108. The van der Waals surface area contributed by atoms with Gasteiger partial charge in [-0.2, -0.15) is 16.7 Å². The molecule has 0 saturated carbocycles. The first-order valence-electron chi connectivity index (χ1n) is 9.06. The largest absolute Gasteiger partial charge is 0.396 e. The molecule has 4 rings (SSSR count). The molecule has 7 nitrogen and oxygen atoms in total. The van der Waals surface area contributed by atoms with Crippen LogP contribution >= 0.6 is 23.4 Å². The Labute approximate surface area is 168 Å². The molecule has 0 spiro atoms. The second-order valence-electron chi connectivity index (χ2n) is 7.56. The quantitative estimate of drug-likeness (QED) is 0.742. The smallest absolute Gasteiger partial charge is 0.240 e. The van der Waals surface area contributed by atoms with Gasteiger partial charge in [-0.25, -0.2) is 0 Å². The van der Waals surface area contributed by atoms with Crippen LogP contribution in [0, 0.1) is 11.3 Å². The van der Waals surface area contributed by atoms with E-state index in [4.69, 9.17) is 16.1 Å². The van der Waals surface area contributed by atoms with Crippen LogP contribution in [0.5, 0.6) is 0 Å². The molecule has 2 aromatic rings. The number of likely N-dealkylation sites (tertiary alicyclic amines) is 2. The first-order valence-corrected chi connectivity index (χ1v) is 10.8. The molecule has 2 aliphatic heterocycles. The van der Waals surface area contributed by atoms with Gasteiger partial charge in [-0.3, -0.25) is 14.8 Å². The fourth-order valence-corrected chi connectivity index (χ4v) is 4.93. The van der Waals surface area contributed by atoms with Crippen LogP contribution in [0.4, 0.5) is 0 Å². The Morgan fingerprint density at radius 1 is 1.33 bits per heavy atom. The number of aliphatic hydroxyl groups excluding tert-OH is 1. The number of aromatic nitrogens is 3. The Morgan fingerprint density at radius 2 is 2.11 bits per heavy atom. The van der Waals surface area contributed by atoms with E-state index >= 15 is 0 Å². The Morgan fingerprint density at radius 3 is 2.78 bits per heavy atom. The van der Waals surface area contributed by atoms with Crippen molar-refractivity contribution >= 4 is 23.4 Å². The van der Waals surface area contributed by atoms with Gasteiger partial charge in [0.2, 0.25) is 5.89 Å². The molecule has 9 heteroatoms. The van der Waals surface area contributed by atoms with Crippen molar-refractivity contribution in [2.75, 3.05) is 39.0 Å². The van der Waals surface area contributed by atoms with Crippen molar-refractivity contribution in [1.82, 2.24) is 24.9 Å². The molecule has 0 radical (unpaired) electrons. The molecule has 1 N–H and O–H groups in total. The third-order valence-corrected chi connectivity index (χ3v) is 6.50. The van der Waals surface area contributed by atoms with E-state index in [1.54, 1.807) is 24.2 Å². The monoisotopic (exact) mass is 409 g/mol. The molecular weight excluding hydrogens is 386 g/mol. The van der Waals surface area contributed by atoms with E-state index in [1.807, 2.05) is 12.3 Å². The first kappa shape index (κ1) is 19.1. The molecular formula is C18H24ClN5O2S. The number of rotatable bonds is 7. The summed E-state index contributed by atoms with van der Waals surface area (Å²) in [5.41, 5.74) is 0.991. The average Bonchev–Trinajstić information content (AvgIpc) is 3.30. The zero-order chi connectivity index (χ0) is 18.9. The number of thioether (sulfide) groups is 1. The molecule has 2 unspecified atom stereocenters. The molecule has 0 bridgehead atoms. The Hall–Kier alpha value is -1.19. The molecule has 2 fully saturated rings. The second-order valence-corrected chi connectivity index (χ2v) is 8.83. The van der Waals surface area contributed by atoms with Gasteiger partial charge in [0.15, 0.2) is 5.82 Å². The number of fused-ring (bicyclic) bond motifs is 1. The van der Waals surface area contributed by atoms with Gasteiger partial charge in [-0.05, 0) is 23.8 Å². The normalized spacial score (nSPS) is 26.0. The fraction of sp³-hybridized carbons (Fsp3) is 0.611. The highest BCUT2D eigenvalue weighted by Gasteiger charge is 2.52.